The first-order chi connectivity index (χ1) is 9.29. The average Bonchev–Trinajstić information content (AvgIpc) is 3.08. The van der Waals surface area contributed by atoms with E-state index in [0.717, 1.165) is 0 Å². The van der Waals surface area contributed by atoms with Gasteiger partial charge < -0.3 is 0 Å². The Morgan fingerprint density at radius 3 is 2.53 bits per heavy atom. The van der Waals surface area contributed by atoms with Gasteiger partial charge in [0, 0.05) is 9.40 Å². The summed E-state index contributed by atoms with van der Waals surface area (Å²) in [6.45, 7) is 0. The molecule has 4 heteroatoms. The zero-order valence-corrected chi connectivity index (χ0v) is 13.7. The van der Waals surface area contributed by atoms with Crippen molar-refractivity contribution in [3.63, 3.8) is 0 Å². The van der Waals surface area contributed by atoms with Gasteiger partial charge in [-0.2, -0.15) is 0 Å². The van der Waals surface area contributed by atoms with E-state index in [4.69, 9.17) is 0 Å². The lowest BCUT2D eigenvalue weighted by molar-refractivity contribution is 1.15. The molecule has 0 fully saturated rings. The van der Waals surface area contributed by atoms with Crippen LogP contribution in [0.3, 0.4) is 0 Å². The zero-order valence-electron chi connectivity index (χ0n) is 9.64. The van der Waals surface area contributed by atoms with Gasteiger partial charge >= 0.3 is 0 Å². The van der Waals surface area contributed by atoms with Gasteiger partial charge in [0.1, 0.15) is 0 Å². The molecule has 0 aliphatic heterocycles. The number of hydrogen-bond acceptors (Lipinski definition) is 3. The summed E-state index contributed by atoms with van der Waals surface area (Å²) >= 11 is 9.04. The normalized spacial score (nSPS) is 14.6. The van der Waals surface area contributed by atoms with Crippen LogP contribution in [-0.2, 0) is 0 Å². The number of fused-ring (bicyclic) bond motifs is 3. The molecule has 0 spiro atoms. The molecule has 0 radical (unpaired) electrons. The van der Waals surface area contributed by atoms with Crippen molar-refractivity contribution >= 4 is 68.7 Å². The molecule has 1 aliphatic carbocycles. The van der Waals surface area contributed by atoms with Crippen LogP contribution in [-0.4, -0.2) is 0 Å². The maximum absolute atomic E-state index is 3.56. The molecule has 3 heterocycles. The van der Waals surface area contributed by atoms with Crippen molar-refractivity contribution in [2.75, 3.05) is 0 Å². The molecule has 0 amide bonds. The first kappa shape index (κ1) is 11.9. The summed E-state index contributed by atoms with van der Waals surface area (Å²) in [5.41, 5.74) is 0. The molecule has 0 aromatic carbocycles. The van der Waals surface area contributed by atoms with Crippen molar-refractivity contribution in [2.45, 2.75) is 0 Å². The van der Waals surface area contributed by atoms with Gasteiger partial charge in [0.2, 0.25) is 0 Å². The molecule has 92 valence electrons. The second kappa shape index (κ2) is 4.60. The fraction of sp³-hybridized carbons (Fsp3) is 0.0667. The molecule has 0 unspecified atom stereocenters. The van der Waals surface area contributed by atoms with Crippen molar-refractivity contribution in [3.05, 3.63) is 45.1 Å². The molecular weight excluding hydrogens is 356 g/mol. The number of allylic oxidation sites excluding steroid dienone is 4. The minimum atomic E-state index is 0.288. The minimum absolute atomic E-state index is 0.288. The lowest BCUT2D eigenvalue weighted by atomic mass is 10.2. The van der Waals surface area contributed by atoms with E-state index in [1.807, 2.05) is 34.0 Å². The third-order valence-electron chi connectivity index (χ3n) is 2.90. The van der Waals surface area contributed by atoms with Crippen molar-refractivity contribution in [1.82, 2.24) is 0 Å². The number of thiophene rings is 3. The first-order valence-corrected chi connectivity index (χ1v) is 9.02. The van der Waals surface area contributed by atoms with Crippen LogP contribution in [0.5, 0.6) is 0 Å². The second-order valence-electron chi connectivity index (χ2n) is 4.21. The van der Waals surface area contributed by atoms with Gasteiger partial charge in [-0.3, -0.25) is 0 Å². The molecule has 3 aromatic heterocycles. The zero-order chi connectivity index (χ0) is 12.8. The van der Waals surface area contributed by atoms with Gasteiger partial charge in [0.05, 0.1) is 24.0 Å². The van der Waals surface area contributed by atoms with Gasteiger partial charge in [-0.25, -0.2) is 0 Å². The first-order valence-electron chi connectivity index (χ1n) is 5.77. The maximum atomic E-state index is 3.56. The van der Waals surface area contributed by atoms with Crippen molar-refractivity contribution in [1.29, 1.82) is 0 Å². The lowest BCUT2D eigenvalue weighted by Crippen LogP contribution is -1.80. The van der Waals surface area contributed by atoms with Crippen LogP contribution in [0.1, 0.15) is 4.88 Å². The molecule has 1 aliphatic rings. The van der Waals surface area contributed by atoms with Crippen molar-refractivity contribution in [3.8, 4) is 11.8 Å². The molecule has 3 aromatic rings. The smallest absolute Gasteiger partial charge is 0.0790 e. The quantitative estimate of drug-likeness (QED) is 0.428. The van der Waals surface area contributed by atoms with Crippen LogP contribution in [0.2, 0.25) is 0 Å². The van der Waals surface area contributed by atoms with Crippen molar-refractivity contribution in [2.24, 2.45) is 5.92 Å². The van der Waals surface area contributed by atoms with Gasteiger partial charge in [0.25, 0.3) is 0 Å². The summed E-state index contributed by atoms with van der Waals surface area (Å²) in [6.07, 6.45) is 8.35. The number of rotatable bonds is 0. The van der Waals surface area contributed by atoms with E-state index >= 15 is 0 Å². The molecule has 0 saturated heterocycles. The van der Waals surface area contributed by atoms with Gasteiger partial charge in [-0.1, -0.05) is 36.1 Å². The molecule has 0 N–H and O–H groups in total. The van der Waals surface area contributed by atoms with E-state index < -0.39 is 0 Å². The van der Waals surface area contributed by atoms with E-state index in [-0.39, 0.29) is 5.92 Å². The number of halogens is 1. The van der Waals surface area contributed by atoms with E-state index in [0.29, 0.717) is 0 Å². The number of hydrogen-bond donors (Lipinski definition) is 0. The lowest BCUT2D eigenvalue weighted by Gasteiger charge is -1.88. The van der Waals surface area contributed by atoms with E-state index in [1.54, 1.807) is 0 Å². The fourth-order valence-electron chi connectivity index (χ4n) is 2.05. The SMILES string of the molecule is Brc1cc2sc3cc(C#CC4C=CC=C4)sc3c2s1. The third-order valence-corrected chi connectivity index (χ3v) is 7.10. The van der Waals surface area contributed by atoms with Gasteiger partial charge in [0.15, 0.2) is 0 Å². The van der Waals surface area contributed by atoms with Crippen LogP contribution < -0.4 is 0 Å². The van der Waals surface area contributed by atoms with Gasteiger partial charge in [-0.15, -0.1) is 34.0 Å². The maximum Gasteiger partial charge on any atom is 0.0790 e. The average molecular weight is 363 g/mol. The van der Waals surface area contributed by atoms with E-state index in [9.17, 15) is 0 Å². The molecule has 0 bridgehead atoms. The predicted molar refractivity (Wildman–Crippen MR) is 91.4 cm³/mol. The Bertz CT molecular complexity index is 880. The van der Waals surface area contributed by atoms with Crippen molar-refractivity contribution < 1.29 is 0 Å². The molecule has 0 saturated carbocycles. The Hall–Kier alpha value is -0.860. The van der Waals surface area contributed by atoms with Crippen LogP contribution in [0, 0.1) is 17.8 Å². The molecule has 0 nitrogen and oxygen atoms in total. The van der Waals surface area contributed by atoms with E-state index in [2.05, 4.69) is 64.2 Å². The highest BCUT2D eigenvalue weighted by atomic mass is 79.9. The van der Waals surface area contributed by atoms with E-state index in [1.165, 1.54) is 27.5 Å². The Labute approximate surface area is 131 Å². The predicted octanol–water partition coefficient (Wildman–Crippen LogP) is 6.03. The Morgan fingerprint density at radius 1 is 0.947 bits per heavy atom. The molecule has 0 atom stereocenters. The molecule has 19 heavy (non-hydrogen) atoms. The fourth-order valence-corrected chi connectivity index (χ4v) is 6.53. The monoisotopic (exact) mass is 362 g/mol. The Balaban J connectivity index is 1.78. The summed E-state index contributed by atoms with van der Waals surface area (Å²) < 4.78 is 6.72. The second-order valence-corrected chi connectivity index (χ2v) is 8.78. The molecule has 4 rings (SSSR count). The highest BCUT2D eigenvalue weighted by molar-refractivity contribution is 9.11. The highest BCUT2D eigenvalue weighted by Crippen LogP contribution is 2.44. The Kier molecular flexibility index (Phi) is 2.89. The third kappa shape index (κ3) is 2.11. The summed E-state index contributed by atoms with van der Waals surface area (Å²) in [4.78, 5) is 1.17. The van der Waals surface area contributed by atoms with Crippen LogP contribution >= 0.6 is 49.9 Å². The Morgan fingerprint density at radius 2 is 1.68 bits per heavy atom. The summed E-state index contributed by atoms with van der Waals surface area (Å²) in [6, 6.07) is 4.43. The largest absolute Gasteiger partial charge is 0.133 e. The summed E-state index contributed by atoms with van der Waals surface area (Å²) in [5.74, 6) is 6.87. The minimum Gasteiger partial charge on any atom is -0.133 e. The van der Waals surface area contributed by atoms with Crippen LogP contribution in [0.15, 0.2) is 40.2 Å². The topological polar surface area (TPSA) is 0 Å². The van der Waals surface area contributed by atoms with Crippen LogP contribution in [0.25, 0.3) is 18.8 Å². The van der Waals surface area contributed by atoms with Crippen LogP contribution in [0.4, 0.5) is 0 Å². The summed E-state index contributed by atoms with van der Waals surface area (Å²) in [7, 11) is 0. The highest BCUT2D eigenvalue weighted by Gasteiger charge is 2.11. The molecular formula is C15H7BrS3. The standard InChI is InChI=1S/C15H7BrS3/c16-13-8-12-15(19-13)14-11(18-12)7-10(17-14)6-5-9-3-1-2-4-9/h1-4,7-9H. The van der Waals surface area contributed by atoms with Gasteiger partial charge in [-0.05, 0) is 28.1 Å². The summed E-state index contributed by atoms with van der Waals surface area (Å²) in [5, 5.41) is 0.